The second-order valence-corrected chi connectivity index (χ2v) is 9.25. The molecule has 0 aromatic heterocycles. The molecule has 152 valence electrons. The summed E-state index contributed by atoms with van der Waals surface area (Å²) in [6.07, 6.45) is 0. The number of aromatic hydroxyl groups is 2. The second-order valence-electron chi connectivity index (χ2n) is 6.06. The molecule has 0 fully saturated rings. The van der Waals surface area contributed by atoms with Gasteiger partial charge in [0.25, 0.3) is 10.1 Å². The summed E-state index contributed by atoms with van der Waals surface area (Å²) in [5.74, 6) is -1.41. The van der Waals surface area contributed by atoms with Gasteiger partial charge in [0.15, 0.2) is 4.75 Å². The lowest BCUT2D eigenvalue weighted by molar-refractivity contribution is 0.416. The number of hydrogen-bond acceptors (Lipinski definition) is 4. The van der Waals surface area contributed by atoms with E-state index in [-0.39, 0.29) is 31.2 Å². The standard InChI is InChI=1S/C19H12Cl4O5S/c20-10-8-15(24)17(16(25)9-10)19(29(26,27)28,11-4-1-2-6-13(11)21)12-5-3-7-14(22)18(12)23/h1-9,24-25H,(H,26,27,28). The van der Waals surface area contributed by atoms with Gasteiger partial charge in [-0.15, -0.1) is 0 Å². The Hall–Kier alpha value is -1.67. The first-order valence-electron chi connectivity index (χ1n) is 7.90. The van der Waals surface area contributed by atoms with Crippen LogP contribution in [0.4, 0.5) is 0 Å². The van der Waals surface area contributed by atoms with E-state index in [4.69, 9.17) is 46.4 Å². The zero-order valence-electron chi connectivity index (χ0n) is 14.3. The van der Waals surface area contributed by atoms with Crippen LogP contribution < -0.4 is 0 Å². The molecule has 0 heterocycles. The molecular formula is C19H12Cl4O5S. The van der Waals surface area contributed by atoms with Crippen LogP contribution in [0.15, 0.2) is 54.6 Å². The van der Waals surface area contributed by atoms with Gasteiger partial charge in [-0.25, -0.2) is 0 Å². The molecule has 0 aliphatic carbocycles. The Morgan fingerprint density at radius 3 is 1.83 bits per heavy atom. The van der Waals surface area contributed by atoms with Crippen molar-refractivity contribution in [1.82, 2.24) is 0 Å². The van der Waals surface area contributed by atoms with E-state index in [0.717, 1.165) is 12.1 Å². The molecule has 10 heteroatoms. The minimum Gasteiger partial charge on any atom is -0.507 e. The molecule has 0 amide bonds. The Kier molecular flexibility index (Phi) is 5.98. The van der Waals surface area contributed by atoms with Crippen LogP contribution in [0.5, 0.6) is 11.5 Å². The molecule has 1 atom stereocenters. The van der Waals surface area contributed by atoms with E-state index < -0.39 is 31.9 Å². The molecular weight excluding hydrogens is 482 g/mol. The van der Waals surface area contributed by atoms with Gasteiger partial charge in [0, 0.05) is 21.2 Å². The van der Waals surface area contributed by atoms with Gasteiger partial charge in [-0.3, -0.25) is 4.55 Å². The summed E-state index contributed by atoms with van der Waals surface area (Å²) in [5, 5.41) is 20.8. The molecule has 1 unspecified atom stereocenters. The van der Waals surface area contributed by atoms with E-state index in [9.17, 15) is 23.2 Å². The smallest absolute Gasteiger partial charge is 0.283 e. The summed E-state index contributed by atoms with van der Waals surface area (Å²) >= 11 is 24.6. The van der Waals surface area contributed by atoms with E-state index >= 15 is 0 Å². The first-order valence-corrected chi connectivity index (χ1v) is 10.9. The molecule has 0 saturated carbocycles. The molecule has 0 saturated heterocycles. The highest BCUT2D eigenvalue weighted by Gasteiger charge is 2.54. The van der Waals surface area contributed by atoms with E-state index in [0.29, 0.717) is 0 Å². The maximum atomic E-state index is 13.0. The summed E-state index contributed by atoms with van der Waals surface area (Å²) < 4.78 is 33.9. The third-order valence-corrected chi connectivity index (χ3v) is 7.17. The molecule has 0 bridgehead atoms. The monoisotopic (exact) mass is 492 g/mol. The quantitative estimate of drug-likeness (QED) is 0.311. The van der Waals surface area contributed by atoms with Crippen LogP contribution in [-0.2, 0) is 14.9 Å². The Morgan fingerprint density at radius 1 is 0.759 bits per heavy atom. The Morgan fingerprint density at radius 2 is 1.28 bits per heavy atom. The van der Waals surface area contributed by atoms with Gasteiger partial charge in [0.1, 0.15) is 11.5 Å². The van der Waals surface area contributed by atoms with Gasteiger partial charge in [-0.05, 0) is 24.3 Å². The topological polar surface area (TPSA) is 94.8 Å². The first-order chi connectivity index (χ1) is 13.5. The summed E-state index contributed by atoms with van der Waals surface area (Å²) in [5.41, 5.74) is -0.974. The van der Waals surface area contributed by atoms with Crippen LogP contribution in [0.2, 0.25) is 20.1 Å². The van der Waals surface area contributed by atoms with Crippen molar-refractivity contribution >= 4 is 56.5 Å². The summed E-state index contributed by atoms with van der Waals surface area (Å²) in [6, 6.07) is 11.9. The molecule has 5 nitrogen and oxygen atoms in total. The summed E-state index contributed by atoms with van der Waals surface area (Å²) in [6.45, 7) is 0. The molecule has 3 N–H and O–H groups in total. The van der Waals surface area contributed by atoms with Crippen LogP contribution in [-0.4, -0.2) is 23.2 Å². The SMILES string of the molecule is O=S(=O)(O)C(c1ccccc1Cl)(c1cccc(Cl)c1Cl)c1c(O)cc(Cl)cc1O. The molecule has 0 aliphatic rings. The largest absolute Gasteiger partial charge is 0.507 e. The third kappa shape index (κ3) is 3.54. The molecule has 0 spiro atoms. The van der Waals surface area contributed by atoms with E-state index in [2.05, 4.69) is 0 Å². The van der Waals surface area contributed by atoms with Crippen LogP contribution >= 0.6 is 46.4 Å². The van der Waals surface area contributed by atoms with Gasteiger partial charge in [-0.1, -0.05) is 76.7 Å². The van der Waals surface area contributed by atoms with Gasteiger partial charge >= 0.3 is 0 Å². The first kappa shape index (κ1) is 22.0. The van der Waals surface area contributed by atoms with Gasteiger partial charge in [0.05, 0.1) is 15.6 Å². The Bertz CT molecular complexity index is 1190. The van der Waals surface area contributed by atoms with E-state index in [1.807, 2.05) is 0 Å². The van der Waals surface area contributed by atoms with Crippen molar-refractivity contribution in [1.29, 1.82) is 0 Å². The van der Waals surface area contributed by atoms with Crippen molar-refractivity contribution in [3.05, 3.63) is 91.4 Å². The lowest BCUT2D eigenvalue weighted by Gasteiger charge is -2.34. The van der Waals surface area contributed by atoms with Crippen LogP contribution in [0, 0.1) is 0 Å². The lowest BCUT2D eigenvalue weighted by atomic mass is 9.82. The number of benzene rings is 3. The van der Waals surface area contributed by atoms with Crippen molar-refractivity contribution in [2.75, 3.05) is 0 Å². The molecule has 3 aromatic rings. The van der Waals surface area contributed by atoms with Gasteiger partial charge in [0.2, 0.25) is 0 Å². The van der Waals surface area contributed by atoms with Crippen molar-refractivity contribution in [2.45, 2.75) is 4.75 Å². The third-order valence-electron chi connectivity index (χ3n) is 4.38. The Balaban J connectivity index is 2.68. The van der Waals surface area contributed by atoms with Gasteiger partial charge in [-0.2, -0.15) is 8.42 Å². The van der Waals surface area contributed by atoms with Crippen LogP contribution in [0.25, 0.3) is 0 Å². The zero-order chi connectivity index (χ0) is 21.6. The van der Waals surface area contributed by atoms with Crippen LogP contribution in [0.3, 0.4) is 0 Å². The molecule has 3 rings (SSSR count). The zero-order valence-corrected chi connectivity index (χ0v) is 18.1. The highest BCUT2D eigenvalue weighted by atomic mass is 35.5. The molecule has 29 heavy (non-hydrogen) atoms. The number of rotatable bonds is 4. The van der Waals surface area contributed by atoms with E-state index in [1.54, 1.807) is 6.07 Å². The predicted molar refractivity (Wildman–Crippen MR) is 114 cm³/mol. The average molecular weight is 494 g/mol. The number of phenolic OH excluding ortho intramolecular Hbond substituents is 2. The number of halogens is 4. The van der Waals surface area contributed by atoms with Crippen molar-refractivity contribution in [3.63, 3.8) is 0 Å². The molecule has 0 radical (unpaired) electrons. The summed E-state index contributed by atoms with van der Waals surface area (Å²) in [7, 11) is -5.20. The second kappa shape index (κ2) is 7.87. The highest BCUT2D eigenvalue weighted by Crippen LogP contribution is 2.54. The predicted octanol–water partition coefficient (Wildman–Crippen LogP) is 5.89. The summed E-state index contributed by atoms with van der Waals surface area (Å²) in [4.78, 5) is 0. The van der Waals surface area contributed by atoms with Crippen LogP contribution in [0.1, 0.15) is 16.7 Å². The fourth-order valence-electron chi connectivity index (χ4n) is 3.28. The fraction of sp³-hybridized carbons (Fsp3) is 0.0526. The van der Waals surface area contributed by atoms with Crippen molar-refractivity contribution in [2.24, 2.45) is 0 Å². The highest BCUT2D eigenvalue weighted by molar-refractivity contribution is 7.87. The minimum atomic E-state index is -5.20. The lowest BCUT2D eigenvalue weighted by Crippen LogP contribution is -2.39. The fourth-order valence-corrected chi connectivity index (χ4v) is 5.69. The van der Waals surface area contributed by atoms with Crippen molar-refractivity contribution in [3.8, 4) is 11.5 Å². The normalized spacial score (nSPS) is 13.8. The average Bonchev–Trinajstić information content (AvgIpc) is 2.60. The molecule has 3 aromatic carbocycles. The number of phenols is 2. The van der Waals surface area contributed by atoms with Gasteiger partial charge < -0.3 is 10.2 Å². The Labute approximate surface area is 186 Å². The number of hydrogen-bond donors (Lipinski definition) is 3. The minimum absolute atomic E-state index is 0.0165. The molecule has 0 aliphatic heterocycles. The maximum Gasteiger partial charge on any atom is 0.283 e. The van der Waals surface area contributed by atoms with Crippen molar-refractivity contribution < 1.29 is 23.2 Å². The van der Waals surface area contributed by atoms with E-state index in [1.165, 1.54) is 36.4 Å². The maximum absolute atomic E-state index is 13.0.